The van der Waals surface area contributed by atoms with E-state index in [9.17, 15) is 5.11 Å². The molecule has 3 rings (SSSR count). The monoisotopic (exact) mass is 299 g/mol. The van der Waals surface area contributed by atoms with E-state index in [0.29, 0.717) is 11.7 Å². The van der Waals surface area contributed by atoms with Gasteiger partial charge < -0.3 is 10.1 Å². The van der Waals surface area contributed by atoms with Gasteiger partial charge in [-0.15, -0.1) is 0 Å². The maximum atomic E-state index is 9.82. The highest BCUT2D eigenvalue weighted by Gasteiger charge is 2.24. The van der Waals surface area contributed by atoms with Crippen LogP contribution in [0.5, 0.6) is 5.75 Å². The van der Waals surface area contributed by atoms with Gasteiger partial charge in [0.1, 0.15) is 5.75 Å². The molecule has 2 aromatic rings. The van der Waals surface area contributed by atoms with E-state index in [-0.39, 0.29) is 0 Å². The summed E-state index contributed by atoms with van der Waals surface area (Å²) < 4.78 is 0. The fraction of sp³-hybridized carbons (Fsp3) is 0.600. The predicted molar refractivity (Wildman–Crippen MR) is 93.6 cm³/mol. The van der Waals surface area contributed by atoms with Gasteiger partial charge in [-0.2, -0.15) is 0 Å². The van der Waals surface area contributed by atoms with Gasteiger partial charge in [-0.1, -0.05) is 45.4 Å². The first kappa shape index (κ1) is 15.5. The van der Waals surface area contributed by atoms with E-state index < -0.39 is 0 Å². The van der Waals surface area contributed by atoms with Crippen LogP contribution >= 0.6 is 0 Å². The molecule has 1 unspecified atom stereocenters. The standard InChI is InChI=1S/C20H29NO/c1-2-3-4-5-6-7-9-15-10-8-11-19-20(15)17-14-16(22)12-13-18(17)21-19/h12-15,21-22H,2-11H2,1H3. The molecule has 0 radical (unpaired) electrons. The van der Waals surface area contributed by atoms with Crippen LogP contribution in [0.2, 0.25) is 0 Å². The first-order valence-electron chi connectivity index (χ1n) is 9.13. The van der Waals surface area contributed by atoms with Gasteiger partial charge in [0.25, 0.3) is 0 Å². The molecule has 1 atom stereocenters. The maximum absolute atomic E-state index is 9.82. The van der Waals surface area contributed by atoms with Crippen LogP contribution in [0.15, 0.2) is 18.2 Å². The number of hydrogen-bond donors (Lipinski definition) is 2. The Balaban J connectivity index is 1.68. The van der Waals surface area contributed by atoms with E-state index in [1.165, 1.54) is 79.9 Å². The van der Waals surface area contributed by atoms with Crippen LogP contribution in [0.1, 0.15) is 81.9 Å². The van der Waals surface area contributed by atoms with Crippen molar-refractivity contribution in [3.05, 3.63) is 29.5 Å². The molecule has 0 fully saturated rings. The Morgan fingerprint density at radius 1 is 1.14 bits per heavy atom. The number of benzene rings is 1. The Morgan fingerprint density at radius 2 is 1.95 bits per heavy atom. The van der Waals surface area contributed by atoms with Gasteiger partial charge in [0, 0.05) is 16.6 Å². The second kappa shape index (κ2) is 7.21. The number of nitrogens with one attached hydrogen (secondary N) is 1. The molecule has 1 aliphatic rings. The minimum absolute atomic E-state index is 0.387. The van der Waals surface area contributed by atoms with E-state index in [4.69, 9.17) is 0 Å². The number of aryl methyl sites for hydroxylation is 1. The summed E-state index contributed by atoms with van der Waals surface area (Å²) in [6.07, 6.45) is 13.3. The van der Waals surface area contributed by atoms with E-state index in [2.05, 4.69) is 11.9 Å². The average molecular weight is 299 g/mol. The molecule has 1 heterocycles. The van der Waals surface area contributed by atoms with Crippen molar-refractivity contribution in [1.82, 2.24) is 4.98 Å². The summed E-state index contributed by atoms with van der Waals surface area (Å²) in [4.78, 5) is 3.58. The largest absolute Gasteiger partial charge is 0.508 e. The number of H-pyrrole nitrogens is 1. The Labute approximate surface area is 133 Å². The van der Waals surface area contributed by atoms with Crippen LogP contribution in [-0.4, -0.2) is 10.1 Å². The second-order valence-electron chi connectivity index (χ2n) is 6.89. The number of rotatable bonds is 7. The third kappa shape index (κ3) is 3.31. The van der Waals surface area contributed by atoms with Crippen LogP contribution < -0.4 is 0 Å². The lowest BCUT2D eigenvalue weighted by Crippen LogP contribution is -2.08. The summed E-state index contributed by atoms with van der Waals surface area (Å²) in [6, 6.07) is 5.75. The number of aromatic amines is 1. The van der Waals surface area contributed by atoms with Crippen molar-refractivity contribution in [3.63, 3.8) is 0 Å². The molecular formula is C20H29NO. The van der Waals surface area contributed by atoms with Crippen molar-refractivity contribution >= 4 is 10.9 Å². The molecular weight excluding hydrogens is 270 g/mol. The van der Waals surface area contributed by atoms with Crippen molar-refractivity contribution in [2.24, 2.45) is 0 Å². The fourth-order valence-corrected chi connectivity index (χ4v) is 4.05. The second-order valence-corrected chi connectivity index (χ2v) is 6.89. The fourth-order valence-electron chi connectivity index (χ4n) is 4.05. The highest BCUT2D eigenvalue weighted by molar-refractivity contribution is 5.86. The van der Waals surface area contributed by atoms with Gasteiger partial charge in [0.05, 0.1) is 0 Å². The van der Waals surface area contributed by atoms with Crippen LogP contribution in [0, 0.1) is 0 Å². The summed E-state index contributed by atoms with van der Waals surface area (Å²) in [5.74, 6) is 1.07. The Hall–Kier alpha value is -1.44. The highest BCUT2D eigenvalue weighted by atomic mass is 16.3. The predicted octanol–water partition coefficient (Wildman–Crippen LogP) is 6.04. The van der Waals surface area contributed by atoms with E-state index in [1.807, 2.05) is 12.1 Å². The topological polar surface area (TPSA) is 36.0 Å². The van der Waals surface area contributed by atoms with E-state index in [1.54, 1.807) is 6.07 Å². The van der Waals surface area contributed by atoms with Crippen LogP contribution in [0.3, 0.4) is 0 Å². The Kier molecular flexibility index (Phi) is 5.07. The zero-order valence-corrected chi connectivity index (χ0v) is 13.8. The van der Waals surface area contributed by atoms with Gasteiger partial charge in [-0.25, -0.2) is 0 Å². The zero-order chi connectivity index (χ0) is 15.4. The van der Waals surface area contributed by atoms with Gasteiger partial charge >= 0.3 is 0 Å². The lowest BCUT2D eigenvalue weighted by molar-refractivity contribution is 0.475. The molecule has 0 spiro atoms. The number of hydrogen-bond acceptors (Lipinski definition) is 1. The van der Waals surface area contributed by atoms with Crippen molar-refractivity contribution in [2.45, 2.75) is 77.0 Å². The third-order valence-electron chi connectivity index (χ3n) is 5.20. The highest BCUT2D eigenvalue weighted by Crippen LogP contribution is 2.40. The lowest BCUT2D eigenvalue weighted by atomic mass is 9.82. The molecule has 1 aromatic heterocycles. The third-order valence-corrected chi connectivity index (χ3v) is 5.20. The van der Waals surface area contributed by atoms with Crippen LogP contribution in [0.25, 0.3) is 10.9 Å². The van der Waals surface area contributed by atoms with Crippen molar-refractivity contribution in [2.75, 3.05) is 0 Å². The van der Waals surface area contributed by atoms with Gasteiger partial charge in [0.2, 0.25) is 0 Å². The lowest BCUT2D eigenvalue weighted by Gasteiger charge is -2.23. The number of phenolic OH excluding ortho intramolecular Hbond substituents is 1. The van der Waals surface area contributed by atoms with E-state index in [0.717, 1.165) is 6.42 Å². The molecule has 0 amide bonds. The number of unbranched alkanes of at least 4 members (excludes halogenated alkanes) is 5. The molecule has 120 valence electrons. The first-order chi connectivity index (χ1) is 10.8. The minimum atomic E-state index is 0.387. The number of phenols is 1. The molecule has 2 heteroatoms. The summed E-state index contributed by atoms with van der Waals surface area (Å²) >= 11 is 0. The Morgan fingerprint density at radius 3 is 2.82 bits per heavy atom. The molecule has 0 bridgehead atoms. The first-order valence-corrected chi connectivity index (χ1v) is 9.13. The van der Waals surface area contributed by atoms with Crippen LogP contribution in [0.4, 0.5) is 0 Å². The molecule has 2 N–H and O–H groups in total. The normalized spacial score (nSPS) is 17.8. The van der Waals surface area contributed by atoms with Gasteiger partial charge in [-0.05, 0) is 55.4 Å². The van der Waals surface area contributed by atoms with Gasteiger partial charge in [0.15, 0.2) is 0 Å². The van der Waals surface area contributed by atoms with Crippen molar-refractivity contribution in [3.8, 4) is 5.75 Å². The number of aromatic hydroxyl groups is 1. The number of aromatic nitrogens is 1. The zero-order valence-electron chi connectivity index (χ0n) is 13.8. The summed E-state index contributed by atoms with van der Waals surface area (Å²) in [7, 11) is 0. The van der Waals surface area contributed by atoms with Crippen LogP contribution in [-0.2, 0) is 6.42 Å². The molecule has 2 nitrogen and oxygen atoms in total. The minimum Gasteiger partial charge on any atom is -0.508 e. The smallest absolute Gasteiger partial charge is 0.116 e. The van der Waals surface area contributed by atoms with E-state index >= 15 is 0 Å². The molecule has 22 heavy (non-hydrogen) atoms. The maximum Gasteiger partial charge on any atom is 0.116 e. The number of fused-ring (bicyclic) bond motifs is 3. The molecule has 0 saturated heterocycles. The van der Waals surface area contributed by atoms with Crippen molar-refractivity contribution in [1.29, 1.82) is 0 Å². The molecule has 0 aliphatic heterocycles. The molecule has 1 aromatic carbocycles. The molecule has 0 saturated carbocycles. The summed E-state index contributed by atoms with van der Waals surface area (Å²) in [6.45, 7) is 2.27. The Bertz CT molecular complexity index is 613. The average Bonchev–Trinajstić information content (AvgIpc) is 2.89. The SMILES string of the molecule is CCCCCCCCC1CCCc2[nH]c3ccc(O)cc3c21. The van der Waals surface area contributed by atoms with Gasteiger partial charge in [-0.3, -0.25) is 0 Å². The van der Waals surface area contributed by atoms with Crippen molar-refractivity contribution < 1.29 is 5.11 Å². The summed E-state index contributed by atoms with van der Waals surface area (Å²) in [5, 5.41) is 11.1. The summed E-state index contributed by atoms with van der Waals surface area (Å²) in [5.41, 5.74) is 4.12. The molecule has 1 aliphatic carbocycles. The quantitative estimate of drug-likeness (QED) is 0.600.